The highest BCUT2D eigenvalue weighted by atomic mass is 35.5. The smallest absolute Gasteiger partial charge is 0.339 e. The number of halogens is 4. The van der Waals surface area contributed by atoms with Gasteiger partial charge in [-0.3, -0.25) is 14.3 Å². The molecule has 3 aromatic heterocycles. The number of H-pyrrole nitrogens is 1. The summed E-state index contributed by atoms with van der Waals surface area (Å²) < 4.78 is 41.7. The third kappa shape index (κ3) is 5.18. The number of alkyl halides is 3. The van der Waals surface area contributed by atoms with Gasteiger partial charge in [0.25, 0.3) is 5.91 Å². The maximum Gasteiger partial charge on any atom is 0.433 e. The zero-order valence-electron chi connectivity index (χ0n) is 20.6. The van der Waals surface area contributed by atoms with Gasteiger partial charge in [-0.25, -0.2) is 9.97 Å². The normalized spacial score (nSPS) is 14.5. The van der Waals surface area contributed by atoms with Crippen LogP contribution in [0.3, 0.4) is 0 Å². The van der Waals surface area contributed by atoms with E-state index >= 15 is 0 Å². The lowest BCUT2D eigenvalue weighted by Crippen LogP contribution is -2.40. The number of rotatable bonds is 6. The minimum Gasteiger partial charge on any atom is -0.339 e. The van der Waals surface area contributed by atoms with Gasteiger partial charge in [0.2, 0.25) is 0 Å². The maximum atomic E-state index is 13.4. The second kappa shape index (κ2) is 11.0. The summed E-state index contributed by atoms with van der Waals surface area (Å²) in [6.07, 6.45) is 3.41. The van der Waals surface area contributed by atoms with Crippen molar-refractivity contribution in [3.05, 3.63) is 59.8 Å². The standard InChI is InChI=1S/C25H27F3N8O.ClH/c1-2-16-11-17(3-4-18(16)24(37)35-8-5-15(12-29)6-9-35)33-22-23-31-14-20(36(23)10-7-30-22)19-13-32-34-21(19)25(26,27)28;/h3-4,7,10-11,13-15H,2,5-6,8-9,12,29H2,1H3,(H,30,33)(H,32,34);1H. The molecule has 1 amide bonds. The van der Waals surface area contributed by atoms with Crippen molar-refractivity contribution in [1.82, 2.24) is 29.5 Å². The third-order valence-corrected chi connectivity index (χ3v) is 6.84. The van der Waals surface area contributed by atoms with Gasteiger partial charge in [0.05, 0.1) is 23.7 Å². The summed E-state index contributed by atoms with van der Waals surface area (Å²) in [7, 11) is 0. The number of carbonyl (C=O) groups excluding carboxylic acids is 1. The number of nitrogens with one attached hydrogen (secondary N) is 2. The number of fused-ring (bicyclic) bond motifs is 1. The van der Waals surface area contributed by atoms with E-state index in [1.165, 1.54) is 16.8 Å². The molecule has 0 spiro atoms. The van der Waals surface area contributed by atoms with Crippen molar-refractivity contribution < 1.29 is 18.0 Å². The van der Waals surface area contributed by atoms with Crippen LogP contribution < -0.4 is 11.1 Å². The third-order valence-electron chi connectivity index (χ3n) is 6.84. The molecule has 1 saturated heterocycles. The number of likely N-dealkylation sites (tertiary alicyclic amines) is 1. The van der Waals surface area contributed by atoms with E-state index in [2.05, 4.69) is 20.4 Å². The number of imidazole rings is 1. The SMILES string of the molecule is CCc1cc(Nc2nccn3c(-c4cn[nH]c4C(F)(F)F)cnc23)ccc1C(=O)N1CCC(CN)CC1.Cl. The van der Waals surface area contributed by atoms with Crippen molar-refractivity contribution in [1.29, 1.82) is 0 Å². The van der Waals surface area contributed by atoms with Gasteiger partial charge in [0.15, 0.2) is 11.5 Å². The lowest BCUT2D eigenvalue weighted by molar-refractivity contribution is -0.140. The van der Waals surface area contributed by atoms with Gasteiger partial charge in [0, 0.05) is 36.7 Å². The highest BCUT2D eigenvalue weighted by Crippen LogP contribution is 2.36. The van der Waals surface area contributed by atoms with Gasteiger partial charge < -0.3 is 16.0 Å². The number of aromatic amines is 1. The van der Waals surface area contributed by atoms with E-state index in [9.17, 15) is 18.0 Å². The Morgan fingerprint density at radius 1 is 1.21 bits per heavy atom. The minimum absolute atomic E-state index is 0. The molecule has 9 nitrogen and oxygen atoms in total. The van der Waals surface area contributed by atoms with Gasteiger partial charge in [-0.05, 0) is 55.5 Å². The van der Waals surface area contributed by atoms with E-state index in [1.54, 1.807) is 18.3 Å². The van der Waals surface area contributed by atoms with E-state index in [-0.39, 0.29) is 29.6 Å². The van der Waals surface area contributed by atoms with Crippen molar-refractivity contribution >= 4 is 35.5 Å². The van der Waals surface area contributed by atoms with E-state index in [4.69, 9.17) is 5.73 Å². The van der Waals surface area contributed by atoms with Crippen molar-refractivity contribution in [2.24, 2.45) is 11.7 Å². The summed E-state index contributed by atoms with van der Waals surface area (Å²) in [5.74, 6) is 0.849. The minimum atomic E-state index is -4.58. The van der Waals surface area contributed by atoms with Gasteiger partial charge >= 0.3 is 6.18 Å². The number of hydrogen-bond donors (Lipinski definition) is 3. The second-order valence-corrected chi connectivity index (χ2v) is 9.09. The Morgan fingerprint density at radius 2 is 1.97 bits per heavy atom. The van der Waals surface area contributed by atoms with E-state index < -0.39 is 11.9 Å². The molecule has 5 rings (SSSR count). The van der Waals surface area contributed by atoms with Crippen LogP contribution in [-0.2, 0) is 12.6 Å². The van der Waals surface area contributed by atoms with Gasteiger partial charge in [-0.1, -0.05) is 6.92 Å². The average Bonchev–Trinajstić information content (AvgIpc) is 3.56. The van der Waals surface area contributed by atoms with Crippen molar-refractivity contribution in [3.8, 4) is 11.3 Å². The highest BCUT2D eigenvalue weighted by Gasteiger charge is 2.36. The molecule has 0 radical (unpaired) electrons. The Labute approximate surface area is 223 Å². The fourth-order valence-electron chi connectivity index (χ4n) is 4.75. The fraction of sp³-hybridized carbons (Fsp3) is 0.360. The maximum absolute atomic E-state index is 13.4. The summed E-state index contributed by atoms with van der Waals surface area (Å²) in [5, 5.41) is 8.80. The van der Waals surface area contributed by atoms with Crippen LogP contribution in [0.1, 0.15) is 41.4 Å². The number of piperidine rings is 1. The van der Waals surface area contributed by atoms with Crippen LogP contribution in [0.5, 0.6) is 0 Å². The zero-order chi connectivity index (χ0) is 26.2. The number of nitrogens with zero attached hydrogens (tertiary/aromatic N) is 5. The van der Waals surface area contributed by atoms with E-state index in [0.29, 0.717) is 54.7 Å². The lowest BCUT2D eigenvalue weighted by atomic mass is 9.95. The molecular weight excluding hydrogens is 521 g/mol. The number of aromatic nitrogens is 5. The quantitative estimate of drug-likeness (QED) is 0.322. The van der Waals surface area contributed by atoms with E-state index in [0.717, 1.165) is 24.6 Å². The first-order valence-electron chi connectivity index (χ1n) is 12.1. The van der Waals surface area contributed by atoms with Crippen LogP contribution in [0.15, 0.2) is 43.0 Å². The molecule has 38 heavy (non-hydrogen) atoms. The van der Waals surface area contributed by atoms with Crippen LogP contribution in [0.4, 0.5) is 24.7 Å². The van der Waals surface area contributed by atoms with Gasteiger partial charge in [-0.2, -0.15) is 18.3 Å². The van der Waals surface area contributed by atoms with Crippen molar-refractivity contribution in [3.63, 3.8) is 0 Å². The highest BCUT2D eigenvalue weighted by molar-refractivity contribution is 5.96. The first-order valence-corrected chi connectivity index (χ1v) is 12.1. The first-order chi connectivity index (χ1) is 17.8. The van der Waals surface area contributed by atoms with E-state index in [1.807, 2.05) is 23.0 Å². The molecule has 0 bridgehead atoms. The summed E-state index contributed by atoms with van der Waals surface area (Å²) in [4.78, 5) is 23.7. The van der Waals surface area contributed by atoms with Crippen LogP contribution in [0.2, 0.25) is 0 Å². The molecule has 4 heterocycles. The van der Waals surface area contributed by atoms with Crippen LogP contribution in [-0.4, -0.2) is 55.0 Å². The molecule has 0 atom stereocenters. The lowest BCUT2D eigenvalue weighted by Gasteiger charge is -2.32. The number of carbonyl (C=O) groups is 1. The monoisotopic (exact) mass is 548 g/mol. The Kier molecular flexibility index (Phi) is 7.93. The molecule has 0 unspecified atom stereocenters. The molecular formula is C25H28ClF3N8O. The number of nitrogens with two attached hydrogens (primary N) is 1. The Morgan fingerprint density at radius 3 is 2.66 bits per heavy atom. The topological polar surface area (TPSA) is 117 Å². The molecule has 4 N–H and O–H groups in total. The Bertz CT molecular complexity index is 1430. The summed E-state index contributed by atoms with van der Waals surface area (Å²) in [5.41, 5.74) is 7.55. The Balaban J connectivity index is 0.00000336. The summed E-state index contributed by atoms with van der Waals surface area (Å²) in [6.45, 7) is 4.03. The molecule has 13 heteroatoms. The molecule has 202 valence electrons. The molecule has 1 fully saturated rings. The summed E-state index contributed by atoms with van der Waals surface area (Å²) in [6, 6.07) is 5.50. The number of hydrogen-bond acceptors (Lipinski definition) is 6. The summed E-state index contributed by atoms with van der Waals surface area (Å²) >= 11 is 0. The van der Waals surface area contributed by atoms with Crippen molar-refractivity contribution in [2.45, 2.75) is 32.4 Å². The van der Waals surface area contributed by atoms with Crippen molar-refractivity contribution in [2.75, 3.05) is 25.0 Å². The number of benzene rings is 1. The van der Waals surface area contributed by atoms with Gasteiger partial charge in [0.1, 0.15) is 5.69 Å². The molecule has 0 aliphatic carbocycles. The molecule has 0 saturated carbocycles. The van der Waals surface area contributed by atoms with Crippen LogP contribution >= 0.6 is 12.4 Å². The van der Waals surface area contributed by atoms with Crippen LogP contribution in [0.25, 0.3) is 16.9 Å². The zero-order valence-corrected chi connectivity index (χ0v) is 21.4. The fourth-order valence-corrected chi connectivity index (χ4v) is 4.75. The average molecular weight is 549 g/mol. The predicted octanol–water partition coefficient (Wildman–Crippen LogP) is 4.68. The number of anilines is 2. The molecule has 1 aromatic carbocycles. The second-order valence-electron chi connectivity index (χ2n) is 9.09. The molecule has 4 aromatic rings. The Hall–Kier alpha value is -3.64. The first kappa shape index (κ1) is 27.4. The molecule has 1 aliphatic rings. The van der Waals surface area contributed by atoms with Gasteiger partial charge in [-0.15, -0.1) is 12.4 Å². The number of aryl methyl sites for hydroxylation is 1. The predicted molar refractivity (Wildman–Crippen MR) is 140 cm³/mol. The number of amides is 1. The van der Waals surface area contributed by atoms with Crippen LogP contribution in [0, 0.1) is 5.92 Å². The largest absolute Gasteiger partial charge is 0.433 e. The molecule has 1 aliphatic heterocycles.